The molecule has 5 nitrogen and oxygen atoms in total. The number of rotatable bonds is 7. The molecule has 0 fully saturated rings. The van der Waals surface area contributed by atoms with Gasteiger partial charge in [-0.1, -0.05) is 20.3 Å². The molecular formula is C18H23NO4. The normalized spacial score (nSPS) is 13.1. The summed E-state index contributed by atoms with van der Waals surface area (Å²) in [6.07, 6.45) is 2.48. The molecule has 124 valence electrons. The summed E-state index contributed by atoms with van der Waals surface area (Å²) in [5.74, 6) is 0.501. The summed E-state index contributed by atoms with van der Waals surface area (Å²) in [4.78, 5) is 25.1. The van der Waals surface area contributed by atoms with E-state index in [0.717, 1.165) is 24.0 Å². The van der Waals surface area contributed by atoms with Crippen LogP contribution in [0, 0.1) is 0 Å². The van der Waals surface area contributed by atoms with Crippen LogP contribution in [0.3, 0.4) is 0 Å². The van der Waals surface area contributed by atoms with Gasteiger partial charge in [0.1, 0.15) is 0 Å². The minimum Gasteiger partial charge on any atom is -0.493 e. The molecule has 0 saturated heterocycles. The third kappa shape index (κ3) is 3.09. The van der Waals surface area contributed by atoms with Crippen molar-refractivity contribution < 1.29 is 19.1 Å². The van der Waals surface area contributed by atoms with Gasteiger partial charge in [-0.05, 0) is 36.1 Å². The molecule has 0 bridgehead atoms. The van der Waals surface area contributed by atoms with E-state index in [0.29, 0.717) is 30.0 Å². The number of carbonyl (C=O) groups is 2. The summed E-state index contributed by atoms with van der Waals surface area (Å²) in [6.45, 7) is 4.57. The number of nitrogens with one attached hydrogen (secondary N) is 1. The molecule has 0 radical (unpaired) electrons. The van der Waals surface area contributed by atoms with Crippen molar-refractivity contribution in [2.75, 3.05) is 20.8 Å². The van der Waals surface area contributed by atoms with Gasteiger partial charge in [0.15, 0.2) is 17.3 Å². The molecule has 0 unspecified atom stereocenters. The fourth-order valence-corrected chi connectivity index (χ4v) is 2.80. The predicted molar refractivity (Wildman–Crippen MR) is 89.0 cm³/mol. The van der Waals surface area contributed by atoms with Crippen LogP contribution in [0.4, 0.5) is 0 Å². The molecule has 23 heavy (non-hydrogen) atoms. The Balaban J connectivity index is 2.43. The zero-order valence-corrected chi connectivity index (χ0v) is 14.1. The van der Waals surface area contributed by atoms with Gasteiger partial charge in [-0.3, -0.25) is 9.59 Å². The molecule has 1 N–H and O–H groups in total. The zero-order chi connectivity index (χ0) is 17.0. The molecule has 2 rings (SSSR count). The highest BCUT2D eigenvalue weighted by atomic mass is 16.5. The first kappa shape index (κ1) is 17.1. The molecular weight excluding hydrogens is 294 g/mol. The molecule has 1 aliphatic carbocycles. The van der Waals surface area contributed by atoms with Gasteiger partial charge in [0, 0.05) is 12.1 Å². The van der Waals surface area contributed by atoms with E-state index in [1.54, 1.807) is 19.2 Å². The highest BCUT2D eigenvalue weighted by Crippen LogP contribution is 2.41. The van der Waals surface area contributed by atoms with Gasteiger partial charge in [0.05, 0.1) is 19.8 Å². The molecule has 1 amide bonds. The van der Waals surface area contributed by atoms with E-state index in [1.807, 2.05) is 6.92 Å². The smallest absolute Gasteiger partial charge is 0.255 e. The summed E-state index contributed by atoms with van der Waals surface area (Å²) in [7, 11) is 3.07. The standard InChI is InChI=1S/C18H23NO4/c1-5-7-8-19-18(21)16-11(6-2)12-9-14(22-3)15(23-4)10-13(12)17(16)20/h9-10H,5-8H2,1-4H3,(H,19,21). The second-order valence-corrected chi connectivity index (χ2v) is 5.40. The van der Waals surface area contributed by atoms with Gasteiger partial charge in [-0.25, -0.2) is 0 Å². The Morgan fingerprint density at radius 2 is 1.70 bits per heavy atom. The van der Waals surface area contributed by atoms with Crippen molar-refractivity contribution in [2.24, 2.45) is 0 Å². The Morgan fingerprint density at radius 1 is 1.09 bits per heavy atom. The third-order valence-corrected chi connectivity index (χ3v) is 4.02. The zero-order valence-electron chi connectivity index (χ0n) is 14.1. The lowest BCUT2D eigenvalue weighted by Gasteiger charge is -2.10. The number of unbranched alkanes of at least 4 members (excludes halogenated alkanes) is 1. The lowest BCUT2D eigenvalue weighted by atomic mass is 10.0. The average Bonchev–Trinajstić information content (AvgIpc) is 2.85. The van der Waals surface area contributed by atoms with Crippen LogP contribution < -0.4 is 14.8 Å². The number of methoxy groups -OCH3 is 2. The van der Waals surface area contributed by atoms with Gasteiger partial charge in [-0.2, -0.15) is 0 Å². The Bertz CT molecular complexity index is 661. The van der Waals surface area contributed by atoms with Crippen LogP contribution in [0.2, 0.25) is 0 Å². The van der Waals surface area contributed by atoms with Crippen LogP contribution in [-0.2, 0) is 4.79 Å². The second-order valence-electron chi connectivity index (χ2n) is 5.40. The molecule has 0 aromatic heterocycles. The van der Waals surface area contributed by atoms with Gasteiger partial charge >= 0.3 is 0 Å². The maximum atomic E-state index is 12.7. The number of benzene rings is 1. The molecule has 5 heteroatoms. The highest BCUT2D eigenvalue weighted by molar-refractivity contribution is 6.34. The predicted octanol–water partition coefficient (Wildman–Crippen LogP) is 2.98. The fourth-order valence-electron chi connectivity index (χ4n) is 2.80. The van der Waals surface area contributed by atoms with Gasteiger partial charge < -0.3 is 14.8 Å². The number of ether oxygens (including phenoxy) is 2. The van der Waals surface area contributed by atoms with Crippen molar-refractivity contribution >= 4 is 17.3 Å². The minimum absolute atomic E-state index is 0.244. The summed E-state index contributed by atoms with van der Waals surface area (Å²) in [6, 6.07) is 3.43. The Kier molecular flexibility index (Phi) is 5.42. The first-order valence-electron chi connectivity index (χ1n) is 7.91. The van der Waals surface area contributed by atoms with E-state index >= 15 is 0 Å². The first-order chi connectivity index (χ1) is 11.1. The van der Waals surface area contributed by atoms with Crippen LogP contribution in [0.15, 0.2) is 17.7 Å². The van der Waals surface area contributed by atoms with E-state index in [9.17, 15) is 9.59 Å². The summed E-state index contributed by atoms with van der Waals surface area (Å²) in [5.41, 5.74) is 2.27. The quantitative estimate of drug-likeness (QED) is 0.620. The largest absolute Gasteiger partial charge is 0.493 e. The number of Topliss-reactive ketones (excluding diaryl/α,β-unsaturated/α-hetero) is 1. The number of ketones is 1. The van der Waals surface area contributed by atoms with Crippen molar-refractivity contribution in [3.05, 3.63) is 28.8 Å². The van der Waals surface area contributed by atoms with E-state index in [1.165, 1.54) is 7.11 Å². The third-order valence-electron chi connectivity index (χ3n) is 4.02. The molecule has 0 atom stereocenters. The Morgan fingerprint density at radius 3 is 2.22 bits per heavy atom. The number of allylic oxidation sites excluding steroid dienone is 1. The fraction of sp³-hybridized carbons (Fsp3) is 0.444. The number of amides is 1. The van der Waals surface area contributed by atoms with Crippen molar-refractivity contribution in [1.29, 1.82) is 0 Å². The topological polar surface area (TPSA) is 64.6 Å². The van der Waals surface area contributed by atoms with Gasteiger partial charge in [0.25, 0.3) is 5.91 Å². The molecule has 1 aromatic carbocycles. The van der Waals surface area contributed by atoms with Crippen molar-refractivity contribution in [1.82, 2.24) is 5.32 Å². The maximum Gasteiger partial charge on any atom is 0.255 e. The van der Waals surface area contributed by atoms with E-state index < -0.39 is 0 Å². The number of carbonyl (C=O) groups excluding carboxylic acids is 2. The SMILES string of the molecule is CCCCNC(=O)C1=C(CC)c2cc(OC)c(OC)cc2C1=O. The maximum absolute atomic E-state index is 12.7. The molecule has 0 saturated carbocycles. The van der Waals surface area contributed by atoms with Crippen molar-refractivity contribution in [3.63, 3.8) is 0 Å². The molecule has 1 aromatic rings. The van der Waals surface area contributed by atoms with Crippen LogP contribution in [0.25, 0.3) is 5.57 Å². The average molecular weight is 317 g/mol. The van der Waals surface area contributed by atoms with Gasteiger partial charge in [-0.15, -0.1) is 0 Å². The summed E-state index contributed by atoms with van der Waals surface area (Å²) >= 11 is 0. The molecule has 0 aliphatic heterocycles. The summed E-state index contributed by atoms with van der Waals surface area (Å²) < 4.78 is 10.6. The minimum atomic E-state index is -0.297. The second kappa shape index (κ2) is 7.31. The lowest BCUT2D eigenvalue weighted by molar-refractivity contribution is -0.117. The summed E-state index contributed by atoms with van der Waals surface area (Å²) in [5, 5.41) is 2.83. The highest BCUT2D eigenvalue weighted by Gasteiger charge is 2.34. The number of hydrogen-bond acceptors (Lipinski definition) is 4. The van der Waals surface area contributed by atoms with Gasteiger partial charge in [0.2, 0.25) is 0 Å². The molecule has 0 spiro atoms. The number of fused-ring (bicyclic) bond motifs is 1. The first-order valence-corrected chi connectivity index (χ1v) is 7.91. The Hall–Kier alpha value is -2.30. The van der Waals surface area contributed by atoms with E-state index in [-0.39, 0.29) is 17.3 Å². The molecule has 0 heterocycles. The van der Waals surface area contributed by atoms with Crippen LogP contribution >= 0.6 is 0 Å². The van der Waals surface area contributed by atoms with E-state index in [4.69, 9.17) is 9.47 Å². The van der Waals surface area contributed by atoms with Crippen LogP contribution in [-0.4, -0.2) is 32.5 Å². The van der Waals surface area contributed by atoms with Crippen molar-refractivity contribution in [3.8, 4) is 11.5 Å². The van der Waals surface area contributed by atoms with Crippen molar-refractivity contribution in [2.45, 2.75) is 33.1 Å². The Labute approximate surface area is 136 Å². The monoisotopic (exact) mass is 317 g/mol. The molecule has 1 aliphatic rings. The lowest BCUT2D eigenvalue weighted by Crippen LogP contribution is -2.28. The van der Waals surface area contributed by atoms with E-state index in [2.05, 4.69) is 12.2 Å². The number of hydrogen-bond donors (Lipinski definition) is 1. The van der Waals surface area contributed by atoms with Crippen LogP contribution in [0.1, 0.15) is 49.0 Å². The van der Waals surface area contributed by atoms with Crippen LogP contribution in [0.5, 0.6) is 11.5 Å².